The molecule has 1 amide bonds. The second-order valence-electron chi connectivity index (χ2n) is 11.3. The highest BCUT2D eigenvalue weighted by Crippen LogP contribution is 2.28. The van der Waals surface area contributed by atoms with Crippen LogP contribution in [0, 0.1) is 5.41 Å². The van der Waals surface area contributed by atoms with Gasteiger partial charge in [-0.15, -0.1) is 11.3 Å². The fourth-order valence-corrected chi connectivity index (χ4v) is 6.13. The predicted octanol–water partition coefficient (Wildman–Crippen LogP) is 4.63. The number of anilines is 1. The first-order chi connectivity index (χ1) is 18.7. The number of hydrogen-bond acceptors (Lipinski definition) is 6. The largest absolute Gasteiger partial charge is 0.339 e. The normalized spacial score (nSPS) is 17.6. The standard InChI is InChI=1S/C31H34N6OS/c1-20-16-31(2,3)17-25-24-15-23(9-10-26(24)33-28(25)32-20)27-19-39-30(34-27)35-29(38)22-7-5-21(6-8-22)18-37-13-11-36(4)12-14-37/h5-10,15-17,19H,11-14,18H2,1-4H3,(H,32,33)(H,34,35,38). The first kappa shape index (κ1) is 25.7. The highest BCUT2D eigenvalue weighted by atomic mass is 32.1. The van der Waals surface area contributed by atoms with Crippen LogP contribution in [-0.4, -0.2) is 58.9 Å². The zero-order chi connectivity index (χ0) is 27.1. The number of fused-ring (bicyclic) bond motifs is 3. The molecular formula is C31H34N6OS. The van der Waals surface area contributed by atoms with Gasteiger partial charge in [0.1, 0.15) is 5.49 Å². The number of aromatic amines is 1. The molecule has 4 heterocycles. The van der Waals surface area contributed by atoms with Crippen molar-refractivity contribution in [3.8, 4) is 11.3 Å². The van der Waals surface area contributed by atoms with Gasteiger partial charge < -0.3 is 9.88 Å². The summed E-state index contributed by atoms with van der Waals surface area (Å²) in [5.41, 5.74) is 6.57. The molecule has 0 spiro atoms. The van der Waals surface area contributed by atoms with Crippen LogP contribution in [0.3, 0.4) is 0 Å². The van der Waals surface area contributed by atoms with E-state index in [9.17, 15) is 4.79 Å². The summed E-state index contributed by atoms with van der Waals surface area (Å²) in [5, 5.41) is 7.80. The van der Waals surface area contributed by atoms with E-state index in [1.54, 1.807) is 0 Å². The Morgan fingerprint density at radius 2 is 1.85 bits per heavy atom. The summed E-state index contributed by atoms with van der Waals surface area (Å²) < 4.78 is 0. The third kappa shape index (κ3) is 5.59. The fraction of sp³-hybridized carbons (Fsp3) is 0.323. The molecule has 0 bridgehead atoms. The van der Waals surface area contributed by atoms with Crippen molar-refractivity contribution in [1.29, 1.82) is 0 Å². The summed E-state index contributed by atoms with van der Waals surface area (Å²) in [6.07, 6.45) is 4.46. The topological polar surface area (TPSA) is 76.6 Å². The van der Waals surface area contributed by atoms with Crippen LogP contribution in [-0.2, 0) is 6.54 Å². The minimum Gasteiger partial charge on any atom is -0.339 e. The van der Waals surface area contributed by atoms with Crippen molar-refractivity contribution in [2.75, 3.05) is 38.5 Å². The molecule has 1 saturated heterocycles. The van der Waals surface area contributed by atoms with Crippen LogP contribution in [0.25, 0.3) is 28.2 Å². The van der Waals surface area contributed by atoms with Gasteiger partial charge in [0, 0.05) is 76.5 Å². The molecule has 6 rings (SSSR count). The van der Waals surface area contributed by atoms with Crippen molar-refractivity contribution >= 4 is 39.4 Å². The van der Waals surface area contributed by atoms with E-state index in [0.29, 0.717) is 10.7 Å². The van der Waals surface area contributed by atoms with Crippen LogP contribution in [0.1, 0.15) is 36.7 Å². The number of carbonyl (C=O) groups is 1. The van der Waals surface area contributed by atoms with Crippen LogP contribution in [0.2, 0.25) is 0 Å². The summed E-state index contributed by atoms with van der Waals surface area (Å²) in [4.78, 5) is 30.7. The molecule has 8 heteroatoms. The first-order valence-corrected chi connectivity index (χ1v) is 14.3. The molecule has 2 aliphatic rings. The van der Waals surface area contributed by atoms with Crippen molar-refractivity contribution in [3.05, 3.63) is 81.5 Å². The summed E-state index contributed by atoms with van der Waals surface area (Å²) >= 11 is 1.44. The van der Waals surface area contributed by atoms with E-state index in [0.717, 1.165) is 71.3 Å². The molecule has 2 aromatic carbocycles. The lowest BCUT2D eigenvalue weighted by molar-refractivity contribution is 0.102. The van der Waals surface area contributed by atoms with Crippen LogP contribution in [0.4, 0.5) is 5.13 Å². The third-order valence-corrected chi connectivity index (χ3v) is 8.20. The molecule has 39 heavy (non-hydrogen) atoms. The van der Waals surface area contributed by atoms with Crippen molar-refractivity contribution in [1.82, 2.24) is 19.8 Å². The molecular weight excluding hydrogens is 504 g/mol. The quantitative estimate of drug-likeness (QED) is 0.388. The van der Waals surface area contributed by atoms with Gasteiger partial charge in [0.25, 0.3) is 5.91 Å². The van der Waals surface area contributed by atoms with Crippen LogP contribution < -0.4 is 16.0 Å². The third-order valence-electron chi connectivity index (χ3n) is 7.44. The predicted molar refractivity (Wildman–Crippen MR) is 159 cm³/mol. The Morgan fingerprint density at radius 3 is 2.62 bits per heavy atom. The molecule has 2 aromatic heterocycles. The molecule has 2 N–H and O–H groups in total. The highest BCUT2D eigenvalue weighted by Gasteiger charge is 2.17. The number of aromatic nitrogens is 2. The fourth-order valence-electron chi connectivity index (χ4n) is 5.41. The Bertz CT molecular complexity index is 1690. The molecule has 4 aromatic rings. The maximum absolute atomic E-state index is 12.9. The van der Waals surface area contributed by atoms with E-state index >= 15 is 0 Å². The average Bonchev–Trinajstić information content (AvgIpc) is 3.46. The maximum atomic E-state index is 12.9. The second-order valence-corrected chi connectivity index (χ2v) is 12.1. The number of nitrogens with zero attached hydrogens (tertiary/aromatic N) is 4. The highest BCUT2D eigenvalue weighted by molar-refractivity contribution is 7.14. The number of thiazole rings is 1. The van der Waals surface area contributed by atoms with Gasteiger partial charge in [0.05, 0.1) is 5.69 Å². The lowest BCUT2D eigenvalue weighted by Crippen LogP contribution is -2.43. The zero-order valence-electron chi connectivity index (χ0n) is 22.9. The smallest absolute Gasteiger partial charge is 0.257 e. The van der Waals surface area contributed by atoms with Gasteiger partial charge in [0.2, 0.25) is 0 Å². The Hall–Kier alpha value is -3.59. The summed E-state index contributed by atoms with van der Waals surface area (Å²) in [6, 6.07) is 14.2. The number of carbonyl (C=O) groups excluding carboxylic acids is 1. The summed E-state index contributed by atoms with van der Waals surface area (Å²) in [6.45, 7) is 11.7. The monoisotopic (exact) mass is 538 g/mol. The summed E-state index contributed by atoms with van der Waals surface area (Å²) in [5.74, 6) is -0.144. The van der Waals surface area contributed by atoms with Crippen molar-refractivity contribution in [3.63, 3.8) is 0 Å². The molecule has 1 fully saturated rings. The number of nitrogens with one attached hydrogen (secondary N) is 2. The number of amides is 1. The van der Waals surface area contributed by atoms with Gasteiger partial charge in [-0.1, -0.05) is 44.2 Å². The van der Waals surface area contributed by atoms with Gasteiger partial charge in [-0.3, -0.25) is 15.0 Å². The SMILES string of the molecule is CC1=CC(C)(C)C=c2c([nH]c3ccc(-c4csc(NC(=O)c5ccc(CN6CCN(C)CC6)cc5)n4)cc23)=N1. The second kappa shape index (κ2) is 10.2. The van der Waals surface area contributed by atoms with Crippen LogP contribution >= 0.6 is 11.3 Å². The maximum Gasteiger partial charge on any atom is 0.257 e. The van der Waals surface area contributed by atoms with Crippen molar-refractivity contribution in [2.24, 2.45) is 10.4 Å². The Morgan fingerprint density at radius 1 is 1.08 bits per heavy atom. The van der Waals surface area contributed by atoms with Crippen LogP contribution in [0.15, 0.2) is 64.6 Å². The molecule has 0 atom stereocenters. The van der Waals surface area contributed by atoms with Gasteiger partial charge in [-0.2, -0.15) is 0 Å². The average molecular weight is 539 g/mol. The van der Waals surface area contributed by atoms with Gasteiger partial charge in [0.15, 0.2) is 5.13 Å². The van der Waals surface area contributed by atoms with E-state index in [4.69, 9.17) is 9.98 Å². The number of likely N-dealkylation sites (N-methyl/N-ethyl adjacent to an activating group) is 1. The lowest BCUT2D eigenvalue weighted by Gasteiger charge is -2.32. The zero-order valence-corrected chi connectivity index (χ0v) is 23.7. The van der Waals surface area contributed by atoms with Crippen LogP contribution in [0.5, 0.6) is 0 Å². The lowest BCUT2D eigenvalue weighted by atomic mass is 9.91. The van der Waals surface area contributed by atoms with E-state index < -0.39 is 0 Å². The number of hydrogen-bond donors (Lipinski definition) is 2. The number of allylic oxidation sites excluding steroid dienone is 2. The number of benzene rings is 2. The Kier molecular flexibility index (Phi) is 6.71. The molecule has 200 valence electrons. The molecule has 0 aliphatic carbocycles. The Balaban J connectivity index is 1.18. The minimum absolute atomic E-state index is 0.0924. The van der Waals surface area contributed by atoms with Crippen molar-refractivity contribution in [2.45, 2.75) is 27.3 Å². The number of H-pyrrole nitrogens is 1. The minimum atomic E-state index is -0.144. The van der Waals surface area contributed by atoms with E-state index in [1.165, 1.54) is 16.9 Å². The Labute approximate surface area is 232 Å². The van der Waals surface area contributed by atoms with Crippen molar-refractivity contribution < 1.29 is 4.79 Å². The van der Waals surface area contributed by atoms with E-state index in [-0.39, 0.29) is 11.3 Å². The van der Waals surface area contributed by atoms with Gasteiger partial charge >= 0.3 is 0 Å². The van der Waals surface area contributed by atoms with Gasteiger partial charge in [-0.05, 0) is 43.8 Å². The molecule has 7 nitrogen and oxygen atoms in total. The first-order valence-electron chi connectivity index (χ1n) is 13.4. The molecule has 0 radical (unpaired) electrons. The number of rotatable bonds is 5. The molecule has 2 aliphatic heterocycles. The number of piperazine rings is 1. The van der Waals surface area contributed by atoms with E-state index in [1.807, 2.05) is 24.4 Å². The summed E-state index contributed by atoms with van der Waals surface area (Å²) in [7, 11) is 2.17. The molecule has 0 saturated carbocycles. The van der Waals surface area contributed by atoms with E-state index in [2.05, 4.69) is 83.5 Å². The molecule has 0 unspecified atom stereocenters. The van der Waals surface area contributed by atoms with Gasteiger partial charge in [-0.25, -0.2) is 9.98 Å².